The monoisotopic (exact) mass is 308 g/mol. The van der Waals surface area contributed by atoms with Gasteiger partial charge < -0.3 is 0 Å². The number of nitrogens with zero attached hydrogens (tertiary/aromatic N) is 2. The number of hydrogen-bond donors (Lipinski definition) is 0. The Kier molecular flexibility index (Phi) is 5.15. The fourth-order valence-electron chi connectivity index (χ4n) is 2.60. The minimum absolute atomic E-state index is 0.248. The Morgan fingerprint density at radius 2 is 1.79 bits per heavy atom. The number of piperidine rings is 1. The van der Waals surface area contributed by atoms with Gasteiger partial charge in [0.1, 0.15) is 0 Å². The van der Waals surface area contributed by atoms with Crippen LogP contribution in [0.4, 0.5) is 0 Å². The summed E-state index contributed by atoms with van der Waals surface area (Å²) in [4.78, 5) is 0. The second-order valence-corrected chi connectivity index (χ2v) is 8.39. The van der Waals surface area contributed by atoms with Gasteiger partial charge in [0, 0.05) is 31.6 Å². The number of halogens is 1. The molecule has 6 heteroatoms. The second-order valence-electron chi connectivity index (χ2n) is 6.20. The van der Waals surface area contributed by atoms with Crippen molar-refractivity contribution >= 4 is 21.8 Å². The van der Waals surface area contributed by atoms with Crippen LogP contribution >= 0.6 is 11.6 Å². The normalized spacial score (nSPS) is 23.4. The van der Waals surface area contributed by atoms with E-state index in [-0.39, 0.29) is 6.04 Å². The second kappa shape index (κ2) is 6.29. The van der Waals surface area contributed by atoms with Gasteiger partial charge in [-0.25, -0.2) is 0 Å². The molecule has 2 rings (SSSR count). The maximum absolute atomic E-state index is 12.7. The molecule has 4 nitrogen and oxygen atoms in total. The lowest BCUT2D eigenvalue weighted by Crippen LogP contribution is -2.49. The van der Waals surface area contributed by atoms with Gasteiger partial charge >= 0.3 is 0 Å². The Balaban J connectivity index is 2.03. The highest BCUT2D eigenvalue weighted by Crippen LogP contribution is 2.32. The van der Waals surface area contributed by atoms with Crippen molar-refractivity contribution in [3.8, 4) is 0 Å². The van der Waals surface area contributed by atoms with Crippen LogP contribution in [0, 0.1) is 11.8 Å². The number of alkyl halides is 1. The fraction of sp³-hybridized carbons (Fsp3) is 1.00. The first-order chi connectivity index (χ1) is 8.95. The van der Waals surface area contributed by atoms with Crippen molar-refractivity contribution in [1.82, 2.24) is 8.61 Å². The standard InChI is InChI=1S/C13H25ClN2O2S/c1-11(2)10-16(13-3-4-13)19(17,18)15-7-5-12(9-14)6-8-15/h11-13H,3-10H2,1-2H3. The smallest absolute Gasteiger partial charge is 0.195 e. The SMILES string of the molecule is CC(C)CN(C1CC1)S(=O)(=O)N1CCC(CCl)CC1. The average molecular weight is 309 g/mol. The van der Waals surface area contributed by atoms with E-state index in [4.69, 9.17) is 11.6 Å². The highest BCUT2D eigenvalue weighted by molar-refractivity contribution is 7.86. The van der Waals surface area contributed by atoms with Gasteiger partial charge in [-0.2, -0.15) is 17.0 Å². The first-order valence-electron chi connectivity index (χ1n) is 7.28. The first kappa shape index (κ1) is 15.5. The molecule has 1 saturated carbocycles. The average Bonchev–Trinajstić information content (AvgIpc) is 3.20. The molecule has 0 unspecified atom stereocenters. The van der Waals surface area contributed by atoms with Gasteiger partial charge in [0.05, 0.1) is 0 Å². The molecule has 0 radical (unpaired) electrons. The van der Waals surface area contributed by atoms with Crippen molar-refractivity contribution in [3.63, 3.8) is 0 Å². The summed E-state index contributed by atoms with van der Waals surface area (Å²) in [5, 5.41) is 0. The van der Waals surface area contributed by atoms with E-state index in [2.05, 4.69) is 13.8 Å². The molecule has 2 fully saturated rings. The van der Waals surface area contributed by atoms with E-state index in [9.17, 15) is 8.42 Å². The van der Waals surface area contributed by atoms with Crippen LogP contribution in [0.2, 0.25) is 0 Å². The van der Waals surface area contributed by atoms with Crippen LogP contribution in [0.5, 0.6) is 0 Å². The van der Waals surface area contributed by atoms with Crippen LogP contribution < -0.4 is 0 Å². The van der Waals surface area contributed by atoms with Gasteiger partial charge in [0.25, 0.3) is 10.2 Å². The summed E-state index contributed by atoms with van der Waals surface area (Å²) in [5.41, 5.74) is 0. The van der Waals surface area contributed by atoms with E-state index < -0.39 is 10.2 Å². The van der Waals surface area contributed by atoms with Gasteiger partial charge in [-0.05, 0) is 37.5 Å². The Hall–Kier alpha value is 0.160. The van der Waals surface area contributed by atoms with Crippen LogP contribution in [0.25, 0.3) is 0 Å². The van der Waals surface area contributed by atoms with E-state index in [1.54, 1.807) is 8.61 Å². The van der Waals surface area contributed by atoms with Crippen molar-refractivity contribution in [2.45, 2.75) is 45.6 Å². The molecule has 0 atom stereocenters. The largest absolute Gasteiger partial charge is 0.282 e. The quantitative estimate of drug-likeness (QED) is 0.707. The third kappa shape index (κ3) is 3.84. The molecule has 1 aliphatic carbocycles. The molecule has 0 aromatic rings. The zero-order valence-corrected chi connectivity index (χ0v) is 13.5. The molecule has 0 spiro atoms. The van der Waals surface area contributed by atoms with E-state index in [0.717, 1.165) is 25.7 Å². The predicted octanol–water partition coefficient (Wildman–Crippen LogP) is 2.30. The van der Waals surface area contributed by atoms with E-state index in [1.807, 2.05) is 0 Å². The maximum Gasteiger partial charge on any atom is 0.282 e. The first-order valence-corrected chi connectivity index (χ1v) is 9.21. The maximum atomic E-state index is 12.7. The van der Waals surface area contributed by atoms with Gasteiger partial charge in [0.15, 0.2) is 0 Å². The van der Waals surface area contributed by atoms with Crippen molar-refractivity contribution in [3.05, 3.63) is 0 Å². The zero-order valence-electron chi connectivity index (χ0n) is 11.9. The Bertz CT molecular complexity index is 387. The van der Waals surface area contributed by atoms with Crippen molar-refractivity contribution in [2.24, 2.45) is 11.8 Å². The Morgan fingerprint density at radius 3 is 2.21 bits per heavy atom. The molecule has 0 amide bonds. The molecule has 0 aromatic heterocycles. The molecule has 2 aliphatic rings. The summed E-state index contributed by atoms with van der Waals surface area (Å²) < 4.78 is 28.8. The minimum Gasteiger partial charge on any atom is -0.195 e. The predicted molar refractivity (Wildman–Crippen MR) is 78.5 cm³/mol. The van der Waals surface area contributed by atoms with Crippen molar-refractivity contribution in [2.75, 3.05) is 25.5 Å². The minimum atomic E-state index is -3.26. The summed E-state index contributed by atoms with van der Waals surface area (Å²) in [5.74, 6) is 1.50. The molecule has 0 bridgehead atoms. The molecule has 19 heavy (non-hydrogen) atoms. The molecular weight excluding hydrogens is 284 g/mol. The van der Waals surface area contributed by atoms with Gasteiger partial charge in [0.2, 0.25) is 0 Å². The molecule has 112 valence electrons. The Labute approximate surface area is 122 Å². The van der Waals surface area contributed by atoms with E-state index >= 15 is 0 Å². The molecule has 1 saturated heterocycles. The van der Waals surface area contributed by atoms with Crippen LogP contribution in [-0.4, -0.2) is 48.6 Å². The fourth-order valence-corrected chi connectivity index (χ4v) is 4.95. The topological polar surface area (TPSA) is 40.6 Å². The summed E-state index contributed by atoms with van der Waals surface area (Å²) in [6.45, 7) is 6.04. The summed E-state index contributed by atoms with van der Waals surface area (Å²) in [6.07, 6.45) is 3.82. The van der Waals surface area contributed by atoms with Gasteiger partial charge in [-0.3, -0.25) is 0 Å². The van der Waals surface area contributed by atoms with Gasteiger partial charge in [-0.15, -0.1) is 11.6 Å². The zero-order chi connectivity index (χ0) is 14.0. The van der Waals surface area contributed by atoms with Gasteiger partial charge in [-0.1, -0.05) is 13.8 Å². The molecule has 1 heterocycles. The summed E-state index contributed by atoms with van der Waals surface area (Å²) in [6, 6.07) is 0.248. The van der Waals surface area contributed by atoms with Crippen LogP contribution in [0.15, 0.2) is 0 Å². The molecule has 0 N–H and O–H groups in total. The highest BCUT2D eigenvalue weighted by atomic mass is 35.5. The van der Waals surface area contributed by atoms with E-state index in [1.165, 1.54) is 0 Å². The molecular formula is C13H25ClN2O2S. The van der Waals surface area contributed by atoms with Crippen molar-refractivity contribution in [1.29, 1.82) is 0 Å². The number of rotatable bonds is 6. The lowest BCUT2D eigenvalue weighted by molar-refractivity contribution is 0.256. The van der Waals surface area contributed by atoms with Crippen LogP contribution in [-0.2, 0) is 10.2 Å². The van der Waals surface area contributed by atoms with Crippen LogP contribution in [0.1, 0.15) is 39.5 Å². The summed E-state index contributed by atoms with van der Waals surface area (Å²) in [7, 11) is -3.26. The third-order valence-corrected chi connectivity index (χ3v) is 6.41. The third-order valence-electron chi connectivity index (χ3n) is 3.91. The molecule has 1 aliphatic heterocycles. The van der Waals surface area contributed by atoms with E-state index in [0.29, 0.717) is 37.4 Å². The summed E-state index contributed by atoms with van der Waals surface area (Å²) >= 11 is 5.86. The molecule has 0 aromatic carbocycles. The number of hydrogen-bond acceptors (Lipinski definition) is 2. The van der Waals surface area contributed by atoms with Crippen molar-refractivity contribution < 1.29 is 8.42 Å². The van der Waals surface area contributed by atoms with Crippen LogP contribution in [0.3, 0.4) is 0 Å². The Morgan fingerprint density at radius 1 is 1.21 bits per heavy atom. The highest BCUT2D eigenvalue weighted by Gasteiger charge is 2.41. The lowest BCUT2D eigenvalue weighted by atomic mass is 10.0. The lowest BCUT2D eigenvalue weighted by Gasteiger charge is -2.35.